The highest BCUT2D eigenvalue weighted by Gasteiger charge is 2.08. The van der Waals surface area contributed by atoms with Crippen LogP contribution in [-0.2, 0) is 6.54 Å². The Kier molecular flexibility index (Phi) is 5.71. The predicted octanol–water partition coefficient (Wildman–Crippen LogP) is 4.30. The zero-order chi connectivity index (χ0) is 19.2. The molecule has 0 saturated heterocycles. The molecule has 7 heteroatoms. The second kappa shape index (κ2) is 8.35. The van der Waals surface area contributed by atoms with E-state index in [1.807, 2.05) is 25.1 Å². The molecule has 1 heterocycles. The van der Waals surface area contributed by atoms with Gasteiger partial charge in [0, 0.05) is 24.4 Å². The lowest BCUT2D eigenvalue weighted by Gasteiger charge is -2.13. The SMILES string of the molecule is COc1ccc(Nc2cc(C)nc(NCc3ccc(F)cc3)n2)c(OC)c1. The molecular formula is C20H21FN4O2. The molecule has 0 amide bonds. The molecule has 0 saturated carbocycles. The van der Waals surface area contributed by atoms with Crippen LogP contribution in [0.25, 0.3) is 0 Å². The number of hydrogen-bond donors (Lipinski definition) is 2. The van der Waals surface area contributed by atoms with Gasteiger partial charge in [-0.25, -0.2) is 9.37 Å². The van der Waals surface area contributed by atoms with Gasteiger partial charge in [0.1, 0.15) is 23.1 Å². The topological polar surface area (TPSA) is 68.3 Å². The van der Waals surface area contributed by atoms with Crippen molar-refractivity contribution in [2.75, 3.05) is 24.9 Å². The molecule has 0 aliphatic carbocycles. The molecule has 27 heavy (non-hydrogen) atoms. The number of aryl methyl sites for hydroxylation is 1. The molecule has 0 spiro atoms. The van der Waals surface area contributed by atoms with Crippen LogP contribution in [0.2, 0.25) is 0 Å². The van der Waals surface area contributed by atoms with E-state index in [1.165, 1.54) is 12.1 Å². The van der Waals surface area contributed by atoms with Gasteiger partial charge in [-0.05, 0) is 36.8 Å². The van der Waals surface area contributed by atoms with Crippen molar-refractivity contribution in [1.29, 1.82) is 0 Å². The van der Waals surface area contributed by atoms with Gasteiger partial charge in [-0.3, -0.25) is 0 Å². The van der Waals surface area contributed by atoms with E-state index in [-0.39, 0.29) is 5.82 Å². The molecule has 1 aromatic heterocycles. The number of benzene rings is 2. The average Bonchev–Trinajstić information content (AvgIpc) is 2.67. The molecular weight excluding hydrogens is 347 g/mol. The van der Waals surface area contributed by atoms with E-state index < -0.39 is 0 Å². The largest absolute Gasteiger partial charge is 0.497 e. The number of halogens is 1. The normalized spacial score (nSPS) is 10.4. The smallest absolute Gasteiger partial charge is 0.225 e. The van der Waals surface area contributed by atoms with Crippen LogP contribution in [0.4, 0.5) is 21.8 Å². The van der Waals surface area contributed by atoms with Gasteiger partial charge in [-0.15, -0.1) is 0 Å². The first kappa shape index (κ1) is 18.4. The third-order valence-corrected chi connectivity index (χ3v) is 3.89. The maximum absolute atomic E-state index is 13.0. The van der Waals surface area contributed by atoms with Gasteiger partial charge in [-0.2, -0.15) is 4.98 Å². The molecule has 3 aromatic rings. The maximum atomic E-state index is 13.0. The van der Waals surface area contributed by atoms with Gasteiger partial charge < -0.3 is 20.1 Å². The van der Waals surface area contributed by atoms with E-state index in [9.17, 15) is 4.39 Å². The van der Waals surface area contributed by atoms with Gasteiger partial charge in [0.15, 0.2) is 0 Å². The molecule has 140 valence electrons. The fourth-order valence-electron chi connectivity index (χ4n) is 2.53. The van der Waals surface area contributed by atoms with Gasteiger partial charge in [0.2, 0.25) is 5.95 Å². The number of rotatable bonds is 7. The lowest BCUT2D eigenvalue weighted by atomic mass is 10.2. The summed E-state index contributed by atoms with van der Waals surface area (Å²) in [6.45, 7) is 2.39. The lowest BCUT2D eigenvalue weighted by molar-refractivity contribution is 0.395. The summed E-state index contributed by atoms with van der Waals surface area (Å²) in [6.07, 6.45) is 0. The van der Waals surface area contributed by atoms with Crippen LogP contribution >= 0.6 is 0 Å². The fraction of sp³-hybridized carbons (Fsp3) is 0.200. The van der Waals surface area contributed by atoms with Gasteiger partial charge >= 0.3 is 0 Å². The van der Waals surface area contributed by atoms with Crippen molar-refractivity contribution >= 4 is 17.5 Å². The number of anilines is 3. The lowest BCUT2D eigenvalue weighted by Crippen LogP contribution is -2.06. The third-order valence-electron chi connectivity index (χ3n) is 3.89. The summed E-state index contributed by atoms with van der Waals surface area (Å²) in [6, 6.07) is 13.6. The first-order chi connectivity index (χ1) is 13.1. The Bertz CT molecular complexity index is 916. The Hall–Kier alpha value is -3.35. The molecule has 0 aliphatic heterocycles. The zero-order valence-electron chi connectivity index (χ0n) is 15.4. The summed E-state index contributed by atoms with van der Waals surface area (Å²) in [5, 5.41) is 6.40. The van der Waals surface area contributed by atoms with E-state index >= 15 is 0 Å². The molecule has 2 N–H and O–H groups in total. The summed E-state index contributed by atoms with van der Waals surface area (Å²) in [7, 11) is 3.20. The summed E-state index contributed by atoms with van der Waals surface area (Å²) in [5.41, 5.74) is 2.51. The number of hydrogen-bond acceptors (Lipinski definition) is 6. The Morgan fingerprint density at radius 3 is 2.44 bits per heavy atom. The van der Waals surface area contributed by atoms with Crippen molar-refractivity contribution in [2.45, 2.75) is 13.5 Å². The van der Waals surface area contributed by atoms with Crippen molar-refractivity contribution in [2.24, 2.45) is 0 Å². The molecule has 0 fully saturated rings. The van der Waals surface area contributed by atoms with Crippen molar-refractivity contribution in [3.8, 4) is 11.5 Å². The Morgan fingerprint density at radius 1 is 0.963 bits per heavy atom. The van der Waals surface area contributed by atoms with Crippen LogP contribution in [-0.4, -0.2) is 24.2 Å². The van der Waals surface area contributed by atoms with E-state index in [4.69, 9.17) is 9.47 Å². The molecule has 0 bridgehead atoms. The third kappa shape index (κ3) is 4.84. The number of aromatic nitrogens is 2. The molecule has 2 aromatic carbocycles. The van der Waals surface area contributed by atoms with Gasteiger partial charge in [-0.1, -0.05) is 12.1 Å². The molecule has 0 unspecified atom stereocenters. The van der Waals surface area contributed by atoms with E-state index in [0.29, 0.717) is 29.8 Å². The first-order valence-electron chi connectivity index (χ1n) is 8.40. The van der Waals surface area contributed by atoms with Crippen LogP contribution < -0.4 is 20.1 Å². The van der Waals surface area contributed by atoms with Crippen molar-refractivity contribution < 1.29 is 13.9 Å². The second-order valence-electron chi connectivity index (χ2n) is 5.89. The zero-order valence-corrected chi connectivity index (χ0v) is 15.4. The molecule has 3 rings (SSSR count). The van der Waals surface area contributed by atoms with Crippen molar-refractivity contribution in [1.82, 2.24) is 9.97 Å². The molecule has 6 nitrogen and oxygen atoms in total. The highest BCUT2D eigenvalue weighted by atomic mass is 19.1. The minimum Gasteiger partial charge on any atom is -0.497 e. The number of methoxy groups -OCH3 is 2. The van der Waals surface area contributed by atoms with Crippen LogP contribution in [0, 0.1) is 12.7 Å². The van der Waals surface area contributed by atoms with Crippen LogP contribution in [0.15, 0.2) is 48.5 Å². The second-order valence-corrected chi connectivity index (χ2v) is 5.89. The number of nitrogens with one attached hydrogen (secondary N) is 2. The number of nitrogens with zero attached hydrogens (tertiary/aromatic N) is 2. The monoisotopic (exact) mass is 368 g/mol. The van der Waals surface area contributed by atoms with E-state index in [2.05, 4.69) is 20.6 Å². The summed E-state index contributed by atoms with van der Waals surface area (Å²) in [5.74, 6) is 2.21. The van der Waals surface area contributed by atoms with E-state index in [1.54, 1.807) is 32.4 Å². The Balaban J connectivity index is 1.76. The molecule has 0 radical (unpaired) electrons. The van der Waals surface area contributed by atoms with Crippen LogP contribution in [0.3, 0.4) is 0 Å². The quantitative estimate of drug-likeness (QED) is 0.648. The average molecular weight is 368 g/mol. The summed E-state index contributed by atoms with van der Waals surface area (Å²) < 4.78 is 23.6. The highest BCUT2D eigenvalue weighted by molar-refractivity contribution is 5.66. The summed E-state index contributed by atoms with van der Waals surface area (Å²) in [4.78, 5) is 8.88. The van der Waals surface area contributed by atoms with Crippen molar-refractivity contribution in [3.05, 3.63) is 65.6 Å². The number of ether oxygens (including phenoxy) is 2. The predicted molar refractivity (Wildman–Crippen MR) is 103 cm³/mol. The van der Waals surface area contributed by atoms with Gasteiger partial charge in [0.05, 0.1) is 19.9 Å². The van der Waals surface area contributed by atoms with Crippen LogP contribution in [0.1, 0.15) is 11.3 Å². The molecule has 0 aliphatic rings. The minimum absolute atomic E-state index is 0.259. The molecule has 0 atom stereocenters. The first-order valence-corrected chi connectivity index (χ1v) is 8.40. The fourth-order valence-corrected chi connectivity index (χ4v) is 2.53. The van der Waals surface area contributed by atoms with Crippen LogP contribution in [0.5, 0.6) is 11.5 Å². The standard InChI is InChI=1S/C20H21FN4O2/c1-13-10-19(24-17-9-8-16(26-2)11-18(17)27-3)25-20(23-13)22-12-14-4-6-15(21)7-5-14/h4-11H,12H2,1-3H3,(H2,22,23,24,25). The Labute approximate surface area is 157 Å². The maximum Gasteiger partial charge on any atom is 0.225 e. The van der Waals surface area contributed by atoms with Crippen molar-refractivity contribution in [3.63, 3.8) is 0 Å². The van der Waals surface area contributed by atoms with E-state index in [0.717, 1.165) is 16.9 Å². The highest BCUT2D eigenvalue weighted by Crippen LogP contribution is 2.31. The minimum atomic E-state index is -0.259. The Morgan fingerprint density at radius 2 is 1.74 bits per heavy atom. The summed E-state index contributed by atoms with van der Waals surface area (Å²) >= 11 is 0. The van der Waals surface area contributed by atoms with Gasteiger partial charge in [0.25, 0.3) is 0 Å².